The lowest BCUT2D eigenvalue weighted by Gasteiger charge is -2.08. The molecule has 0 aromatic carbocycles. The second-order valence-electron chi connectivity index (χ2n) is 5.08. The Hall–Kier alpha value is -3.48. The number of aromatic hydroxyl groups is 1. The molecular weight excluding hydrogens is 330 g/mol. The van der Waals surface area contributed by atoms with Gasteiger partial charge < -0.3 is 9.84 Å². The van der Waals surface area contributed by atoms with Crippen LogP contribution in [0.1, 0.15) is 13.8 Å². The minimum Gasteiger partial charge on any atom is -0.506 e. The molecular formula is C19H19N5O2. The van der Waals surface area contributed by atoms with Crippen molar-refractivity contribution in [3.8, 4) is 28.8 Å². The number of imidazole rings is 1. The number of hydrogen-bond donors (Lipinski definition) is 1. The lowest BCUT2D eigenvalue weighted by atomic mass is 10.3. The zero-order valence-electron chi connectivity index (χ0n) is 14.8. The zero-order chi connectivity index (χ0) is 18.5. The minimum absolute atomic E-state index is 0.0626. The van der Waals surface area contributed by atoms with Crippen molar-refractivity contribution in [1.82, 2.24) is 24.5 Å². The van der Waals surface area contributed by atoms with Crippen molar-refractivity contribution in [2.24, 2.45) is 0 Å². The largest absolute Gasteiger partial charge is 0.506 e. The van der Waals surface area contributed by atoms with E-state index in [1.807, 2.05) is 42.7 Å². The summed E-state index contributed by atoms with van der Waals surface area (Å²) in [7, 11) is 1.57. The fourth-order valence-corrected chi connectivity index (χ4v) is 2.49. The maximum atomic E-state index is 9.68. The van der Waals surface area contributed by atoms with Gasteiger partial charge in [-0.3, -0.25) is 9.55 Å². The Morgan fingerprint density at radius 2 is 1.85 bits per heavy atom. The molecule has 0 saturated heterocycles. The molecule has 0 amide bonds. The van der Waals surface area contributed by atoms with Crippen molar-refractivity contribution in [3.63, 3.8) is 0 Å². The van der Waals surface area contributed by atoms with E-state index in [2.05, 4.69) is 19.9 Å². The third-order valence-corrected chi connectivity index (χ3v) is 3.56. The first-order chi connectivity index (χ1) is 12.8. The van der Waals surface area contributed by atoms with Crippen LogP contribution in [0.5, 0.6) is 11.6 Å². The SMILES string of the molecule is CC.COc1ccc(-n2c(-c3ccccn3)nc3cc(O)cnc32)cn1. The van der Waals surface area contributed by atoms with Crippen LogP contribution in [0.2, 0.25) is 0 Å². The summed E-state index contributed by atoms with van der Waals surface area (Å²) in [6.45, 7) is 4.00. The molecule has 0 aliphatic carbocycles. The Kier molecular flexibility index (Phi) is 5.07. The predicted molar refractivity (Wildman–Crippen MR) is 99.5 cm³/mol. The van der Waals surface area contributed by atoms with Crippen LogP contribution in [0.3, 0.4) is 0 Å². The van der Waals surface area contributed by atoms with Gasteiger partial charge in [0.2, 0.25) is 5.88 Å². The summed E-state index contributed by atoms with van der Waals surface area (Å²) in [4.78, 5) is 17.5. The van der Waals surface area contributed by atoms with E-state index in [4.69, 9.17) is 4.74 Å². The number of pyridine rings is 3. The molecule has 4 aromatic rings. The molecule has 0 unspecified atom stereocenters. The lowest BCUT2D eigenvalue weighted by molar-refractivity contribution is 0.398. The Morgan fingerprint density at radius 3 is 2.50 bits per heavy atom. The first-order valence-electron chi connectivity index (χ1n) is 8.25. The molecule has 4 rings (SSSR count). The van der Waals surface area contributed by atoms with Crippen molar-refractivity contribution >= 4 is 11.2 Å². The van der Waals surface area contributed by atoms with Crippen LogP contribution in [-0.4, -0.2) is 36.7 Å². The van der Waals surface area contributed by atoms with Crippen molar-refractivity contribution in [2.75, 3.05) is 7.11 Å². The monoisotopic (exact) mass is 349 g/mol. The summed E-state index contributed by atoms with van der Waals surface area (Å²) in [5, 5.41) is 9.68. The molecule has 0 atom stereocenters. The molecule has 26 heavy (non-hydrogen) atoms. The highest BCUT2D eigenvalue weighted by Gasteiger charge is 2.17. The Morgan fingerprint density at radius 1 is 1.00 bits per heavy atom. The Balaban J connectivity index is 0.000000948. The zero-order valence-corrected chi connectivity index (χ0v) is 14.8. The molecule has 0 radical (unpaired) electrons. The Bertz CT molecular complexity index is 998. The van der Waals surface area contributed by atoms with E-state index < -0.39 is 0 Å². The van der Waals surface area contributed by atoms with Crippen LogP contribution in [-0.2, 0) is 0 Å². The quantitative estimate of drug-likeness (QED) is 0.608. The summed E-state index contributed by atoms with van der Waals surface area (Å²) in [6, 6.07) is 10.8. The third-order valence-electron chi connectivity index (χ3n) is 3.56. The molecule has 0 aliphatic heterocycles. The second kappa shape index (κ2) is 7.60. The summed E-state index contributed by atoms with van der Waals surface area (Å²) >= 11 is 0. The highest BCUT2D eigenvalue weighted by atomic mass is 16.5. The normalized spacial score (nSPS) is 10.3. The fraction of sp³-hybridized carbons (Fsp3) is 0.158. The van der Waals surface area contributed by atoms with Gasteiger partial charge in [-0.2, -0.15) is 0 Å². The third kappa shape index (κ3) is 3.19. The summed E-state index contributed by atoms with van der Waals surface area (Å²) < 4.78 is 6.96. The molecule has 1 N–H and O–H groups in total. The first kappa shape index (κ1) is 17.3. The molecule has 4 heterocycles. The number of aromatic nitrogens is 5. The molecule has 4 aromatic heterocycles. The fourth-order valence-electron chi connectivity index (χ4n) is 2.49. The van der Waals surface area contributed by atoms with Crippen LogP contribution in [0.15, 0.2) is 55.0 Å². The van der Waals surface area contributed by atoms with E-state index in [0.29, 0.717) is 28.6 Å². The molecule has 7 heteroatoms. The molecule has 0 saturated carbocycles. The molecule has 132 valence electrons. The number of hydrogen-bond acceptors (Lipinski definition) is 6. The van der Waals surface area contributed by atoms with Crippen molar-refractivity contribution in [1.29, 1.82) is 0 Å². The molecule has 7 nitrogen and oxygen atoms in total. The van der Waals surface area contributed by atoms with E-state index >= 15 is 0 Å². The highest BCUT2D eigenvalue weighted by Crippen LogP contribution is 2.28. The standard InChI is InChI=1S/C17H13N5O2.C2H6/c1-24-15-6-5-11(9-19-15)22-16-14(8-12(23)10-20-16)21-17(22)13-4-2-3-7-18-13;1-2/h2-10,23H,1H3;1-2H3. The number of fused-ring (bicyclic) bond motifs is 1. The molecule has 0 spiro atoms. The maximum Gasteiger partial charge on any atom is 0.213 e. The average molecular weight is 349 g/mol. The van der Waals surface area contributed by atoms with Crippen molar-refractivity contribution < 1.29 is 9.84 Å². The van der Waals surface area contributed by atoms with Crippen LogP contribution in [0, 0.1) is 0 Å². The van der Waals surface area contributed by atoms with Crippen LogP contribution in [0.4, 0.5) is 0 Å². The van der Waals surface area contributed by atoms with Gasteiger partial charge in [-0.1, -0.05) is 19.9 Å². The second-order valence-corrected chi connectivity index (χ2v) is 5.08. The van der Waals surface area contributed by atoms with E-state index in [0.717, 1.165) is 5.69 Å². The van der Waals surface area contributed by atoms with Crippen molar-refractivity contribution in [2.45, 2.75) is 13.8 Å². The van der Waals surface area contributed by atoms with E-state index in [1.54, 1.807) is 31.6 Å². The topological polar surface area (TPSA) is 86.0 Å². The van der Waals surface area contributed by atoms with E-state index in [1.165, 1.54) is 6.20 Å². The first-order valence-corrected chi connectivity index (χ1v) is 8.25. The summed E-state index contributed by atoms with van der Waals surface area (Å²) in [5.74, 6) is 1.21. The van der Waals surface area contributed by atoms with Gasteiger partial charge in [-0.15, -0.1) is 0 Å². The Labute approximate surface area is 151 Å². The molecule has 0 fully saturated rings. The smallest absolute Gasteiger partial charge is 0.213 e. The predicted octanol–water partition coefficient (Wildman–Crippen LogP) is 3.62. The minimum atomic E-state index is 0.0626. The van der Waals surface area contributed by atoms with Gasteiger partial charge >= 0.3 is 0 Å². The maximum absolute atomic E-state index is 9.68. The number of methoxy groups -OCH3 is 1. The van der Waals surface area contributed by atoms with Gasteiger partial charge in [0.15, 0.2) is 11.5 Å². The van der Waals surface area contributed by atoms with Gasteiger partial charge in [-0.05, 0) is 18.2 Å². The summed E-state index contributed by atoms with van der Waals surface area (Å²) in [5.41, 5.74) is 2.66. The average Bonchev–Trinajstić information content (AvgIpc) is 3.08. The van der Waals surface area contributed by atoms with Crippen LogP contribution < -0.4 is 4.74 Å². The number of nitrogens with zero attached hydrogens (tertiary/aromatic N) is 5. The van der Waals surface area contributed by atoms with E-state index in [9.17, 15) is 5.11 Å². The number of rotatable bonds is 3. The van der Waals surface area contributed by atoms with Crippen LogP contribution in [0.25, 0.3) is 28.4 Å². The summed E-state index contributed by atoms with van der Waals surface area (Å²) in [6.07, 6.45) is 4.77. The van der Waals surface area contributed by atoms with E-state index in [-0.39, 0.29) is 5.75 Å². The van der Waals surface area contributed by atoms with Gasteiger partial charge in [0.05, 0.1) is 25.2 Å². The lowest BCUT2D eigenvalue weighted by Crippen LogP contribution is -2.00. The van der Waals surface area contributed by atoms with Gasteiger partial charge in [0.1, 0.15) is 17.0 Å². The molecule has 0 aliphatic rings. The van der Waals surface area contributed by atoms with Gasteiger partial charge in [0, 0.05) is 18.3 Å². The number of ether oxygens (including phenoxy) is 1. The highest BCUT2D eigenvalue weighted by molar-refractivity contribution is 5.80. The van der Waals surface area contributed by atoms with Crippen LogP contribution >= 0.6 is 0 Å². The van der Waals surface area contributed by atoms with Gasteiger partial charge in [-0.25, -0.2) is 15.0 Å². The van der Waals surface area contributed by atoms with Gasteiger partial charge in [0.25, 0.3) is 0 Å². The van der Waals surface area contributed by atoms with Crippen molar-refractivity contribution in [3.05, 3.63) is 55.0 Å². The molecule has 0 bridgehead atoms.